The number of para-hydroxylation sites is 1. The van der Waals surface area contributed by atoms with Gasteiger partial charge in [0.2, 0.25) is 5.90 Å². The van der Waals surface area contributed by atoms with Gasteiger partial charge in [0.1, 0.15) is 5.82 Å². The van der Waals surface area contributed by atoms with Crippen LogP contribution >= 0.6 is 0 Å². The zero-order chi connectivity index (χ0) is 18.7. The number of carbonyl (C=O) groups excluding carboxylic acids is 1. The molecule has 2 aromatic carbocycles. The van der Waals surface area contributed by atoms with Crippen LogP contribution in [0.4, 0.5) is 13.2 Å². The van der Waals surface area contributed by atoms with Crippen LogP contribution in [0, 0.1) is 5.82 Å². The fourth-order valence-corrected chi connectivity index (χ4v) is 2.29. The van der Waals surface area contributed by atoms with E-state index in [0.29, 0.717) is 5.56 Å². The SMILES string of the molecule is COc1cccc(/C=C2\N=C(c3ccc(F)cc3)OC2=O)c1OC(F)F. The van der Waals surface area contributed by atoms with Gasteiger partial charge < -0.3 is 14.2 Å². The van der Waals surface area contributed by atoms with Gasteiger partial charge in [-0.2, -0.15) is 8.78 Å². The highest BCUT2D eigenvalue weighted by Gasteiger charge is 2.25. The summed E-state index contributed by atoms with van der Waals surface area (Å²) in [4.78, 5) is 16.1. The topological polar surface area (TPSA) is 57.1 Å². The molecular formula is C18H12F3NO4. The Kier molecular flexibility index (Phi) is 4.92. The normalized spacial score (nSPS) is 15.2. The van der Waals surface area contributed by atoms with Gasteiger partial charge in [-0.05, 0) is 36.4 Å². The van der Waals surface area contributed by atoms with E-state index < -0.39 is 18.4 Å². The van der Waals surface area contributed by atoms with E-state index in [4.69, 9.17) is 9.47 Å². The molecule has 0 N–H and O–H groups in total. The monoisotopic (exact) mass is 363 g/mol. The molecule has 8 heteroatoms. The van der Waals surface area contributed by atoms with E-state index in [2.05, 4.69) is 9.73 Å². The molecule has 0 fully saturated rings. The second-order valence-corrected chi connectivity index (χ2v) is 5.10. The van der Waals surface area contributed by atoms with Gasteiger partial charge in [-0.3, -0.25) is 0 Å². The molecule has 0 aromatic heterocycles. The largest absolute Gasteiger partial charge is 0.493 e. The highest BCUT2D eigenvalue weighted by Crippen LogP contribution is 2.34. The number of cyclic esters (lactones) is 1. The maximum atomic E-state index is 13.0. The number of aliphatic imine (C=N–C) groups is 1. The third-order valence-corrected chi connectivity index (χ3v) is 3.44. The van der Waals surface area contributed by atoms with E-state index in [9.17, 15) is 18.0 Å². The van der Waals surface area contributed by atoms with Crippen LogP contribution < -0.4 is 9.47 Å². The van der Waals surface area contributed by atoms with E-state index in [1.54, 1.807) is 6.07 Å². The van der Waals surface area contributed by atoms with Gasteiger partial charge in [0.15, 0.2) is 17.2 Å². The van der Waals surface area contributed by atoms with E-state index in [1.807, 2.05) is 0 Å². The van der Waals surface area contributed by atoms with Crippen LogP contribution in [0.1, 0.15) is 11.1 Å². The summed E-state index contributed by atoms with van der Waals surface area (Å²) in [5, 5.41) is 0. The van der Waals surface area contributed by atoms with Gasteiger partial charge in [-0.25, -0.2) is 14.2 Å². The standard InChI is InChI=1S/C18H12F3NO4/c1-24-14-4-2-3-11(15(14)25-18(20)21)9-13-17(23)26-16(22-13)10-5-7-12(19)8-6-10/h2-9,18H,1H3/b13-9-. The quantitative estimate of drug-likeness (QED) is 0.599. The summed E-state index contributed by atoms with van der Waals surface area (Å²) in [7, 11) is 1.30. The lowest BCUT2D eigenvalue weighted by atomic mass is 10.1. The number of nitrogens with zero attached hydrogens (tertiary/aromatic N) is 1. The third kappa shape index (κ3) is 3.69. The number of hydrogen-bond acceptors (Lipinski definition) is 5. The molecule has 26 heavy (non-hydrogen) atoms. The van der Waals surface area contributed by atoms with Crippen LogP contribution in [0.15, 0.2) is 53.2 Å². The lowest BCUT2D eigenvalue weighted by Crippen LogP contribution is -2.06. The maximum absolute atomic E-state index is 13.0. The zero-order valence-corrected chi connectivity index (χ0v) is 13.4. The van der Waals surface area contributed by atoms with Crippen LogP contribution in [-0.2, 0) is 9.53 Å². The van der Waals surface area contributed by atoms with Gasteiger partial charge >= 0.3 is 12.6 Å². The fraction of sp³-hybridized carbons (Fsp3) is 0.111. The minimum atomic E-state index is -3.07. The smallest absolute Gasteiger partial charge is 0.387 e. The first kappa shape index (κ1) is 17.5. The molecule has 0 aliphatic carbocycles. The van der Waals surface area contributed by atoms with Gasteiger partial charge in [0.25, 0.3) is 0 Å². The van der Waals surface area contributed by atoms with Gasteiger partial charge in [-0.1, -0.05) is 12.1 Å². The average molecular weight is 363 g/mol. The van der Waals surface area contributed by atoms with E-state index in [1.165, 1.54) is 49.6 Å². The molecule has 0 spiro atoms. The Morgan fingerprint density at radius 1 is 1.15 bits per heavy atom. The first-order chi connectivity index (χ1) is 12.5. The number of rotatable bonds is 5. The van der Waals surface area contributed by atoms with Crippen molar-refractivity contribution in [2.75, 3.05) is 7.11 Å². The molecule has 1 aliphatic rings. The Hall–Kier alpha value is -3.29. The number of halogens is 3. The number of hydrogen-bond donors (Lipinski definition) is 0. The number of ether oxygens (including phenoxy) is 3. The number of carbonyl (C=O) groups is 1. The second kappa shape index (κ2) is 7.30. The van der Waals surface area contributed by atoms with Gasteiger partial charge in [0.05, 0.1) is 7.11 Å². The maximum Gasteiger partial charge on any atom is 0.387 e. The van der Waals surface area contributed by atoms with E-state index >= 15 is 0 Å². The lowest BCUT2D eigenvalue weighted by Gasteiger charge is -2.12. The molecule has 0 saturated heterocycles. The third-order valence-electron chi connectivity index (χ3n) is 3.44. The molecule has 2 aromatic rings. The zero-order valence-electron chi connectivity index (χ0n) is 13.4. The molecule has 0 radical (unpaired) electrons. The molecule has 5 nitrogen and oxygen atoms in total. The summed E-state index contributed by atoms with van der Waals surface area (Å²) in [6.45, 7) is -3.07. The molecule has 0 atom stereocenters. The molecule has 1 aliphatic heterocycles. The van der Waals surface area contributed by atoms with Crippen LogP contribution in [0.3, 0.4) is 0 Å². The van der Waals surface area contributed by atoms with E-state index in [0.717, 1.165) is 0 Å². The lowest BCUT2D eigenvalue weighted by molar-refractivity contribution is -0.129. The summed E-state index contributed by atoms with van der Waals surface area (Å²) in [6.07, 6.45) is 1.25. The van der Waals surface area contributed by atoms with Crippen molar-refractivity contribution in [1.29, 1.82) is 0 Å². The van der Waals surface area contributed by atoms with Crippen molar-refractivity contribution < 1.29 is 32.2 Å². The molecule has 1 heterocycles. The predicted octanol–water partition coefficient (Wildman–Crippen LogP) is 3.78. The number of methoxy groups -OCH3 is 1. The summed E-state index contributed by atoms with van der Waals surface area (Å²) in [6, 6.07) is 9.66. The fourth-order valence-electron chi connectivity index (χ4n) is 2.29. The van der Waals surface area contributed by atoms with Crippen molar-refractivity contribution in [3.8, 4) is 11.5 Å². The van der Waals surface area contributed by atoms with Crippen molar-refractivity contribution in [2.24, 2.45) is 4.99 Å². The molecule has 3 rings (SSSR count). The van der Waals surface area contributed by atoms with Crippen molar-refractivity contribution >= 4 is 17.9 Å². The van der Waals surface area contributed by atoms with E-state index in [-0.39, 0.29) is 28.7 Å². The minimum absolute atomic E-state index is 0.0134. The number of benzene rings is 2. The molecule has 0 amide bonds. The average Bonchev–Trinajstić information content (AvgIpc) is 2.97. The van der Waals surface area contributed by atoms with Crippen LogP contribution in [0.5, 0.6) is 11.5 Å². The van der Waals surface area contributed by atoms with Crippen LogP contribution in [0.2, 0.25) is 0 Å². The van der Waals surface area contributed by atoms with Gasteiger partial charge in [-0.15, -0.1) is 0 Å². The Bertz CT molecular complexity index is 892. The summed E-state index contributed by atoms with van der Waals surface area (Å²) in [5.74, 6) is -1.38. The Labute approximate surface area is 146 Å². The Balaban J connectivity index is 1.99. The molecule has 134 valence electrons. The van der Waals surface area contributed by atoms with Crippen LogP contribution in [0.25, 0.3) is 6.08 Å². The number of alkyl halides is 2. The highest BCUT2D eigenvalue weighted by molar-refractivity contribution is 6.12. The first-order valence-corrected chi connectivity index (χ1v) is 7.38. The molecule has 0 unspecified atom stereocenters. The predicted molar refractivity (Wildman–Crippen MR) is 86.6 cm³/mol. The minimum Gasteiger partial charge on any atom is -0.493 e. The highest BCUT2D eigenvalue weighted by atomic mass is 19.3. The van der Waals surface area contributed by atoms with Gasteiger partial charge in [0, 0.05) is 11.1 Å². The molecule has 0 bridgehead atoms. The van der Waals surface area contributed by atoms with Crippen molar-refractivity contribution in [1.82, 2.24) is 0 Å². The molecular weight excluding hydrogens is 351 g/mol. The summed E-state index contributed by atoms with van der Waals surface area (Å²) < 4.78 is 52.9. The Morgan fingerprint density at radius 2 is 1.88 bits per heavy atom. The molecule has 0 saturated carbocycles. The van der Waals surface area contributed by atoms with Crippen molar-refractivity contribution in [2.45, 2.75) is 6.61 Å². The van der Waals surface area contributed by atoms with Crippen molar-refractivity contribution in [3.63, 3.8) is 0 Å². The number of esters is 1. The second-order valence-electron chi connectivity index (χ2n) is 5.10. The summed E-state index contributed by atoms with van der Waals surface area (Å²) >= 11 is 0. The Morgan fingerprint density at radius 3 is 2.54 bits per heavy atom. The van der Waals surface area contributed by atoms with Crippen LogP contribution in [-0.4, -0.2) is 25.6 Å². The summed E-state index contributed by atoms with van der Waals surface area (Å²) in [5.41, 5.74) is 0.454. The van der Waals surface area contributed by atoms with Crippen molar-refractivity contribution in [3.05, 3.63) is 65.1 Å². The first-order valence-electron chi connectivity index (χ1n) is 7.38.